The largest absolute Gasteiger partial charge is 0.447 e. The summed E-state index contributed by atoms with van der Waals surface area (Å²) < 4.78 is 12.2. The summed E-state index contributed by atoms with van der Waals surface area (Å²) in [5, 5.41) is 0. The summed E-state index contributed by atoms with van der Waals surface area (Å²) in [5.41, 5.74) is 7.66. The van der Waals surface area contributed by atoms with Gasteiger partial charge >= 0.3 is 0 Å². The van der Waals surface area contributed by atoms with Gasteiger partial charge in [-0.1, -0.05) is 54.6 Å². The minimum Gasteiger partial charge on any atom is -0.447 e. The van der Waals surface area contributed by atoms with Crippen LogP contribution in [0.5, 0.6) is 11.5 Å². The monoisotopic (exact) mass is 353 g/mol. The van der Waals surface area contributed by atoms with Crippen molar-refractivity contribution >= 4 is 11.8 Å². The van der Waals surface area contributed by atoms with Crippen molar-refractivity contribution in [2.45, 2.75) is 19.3 Å². The number of nitrogens with zero attached hydrogens (tertiary/aromatic N) is 1. The third-order valence-electron chi connectivity index (χ3n) is 5.69. The fourth-order valence-electron chi connectivity index (χ4n) is 4.28. The second-order valence-electron chi connectivity index (χ2n) is 7.33. The first-order valence-electron chi connectivity index (χ1n) is 9.45. The second-order valence-corrected chi connectivity index (χ2v) is 7.33. The van der Waals surface area contributed by atoms with E-state index in [0.717, 1.165) is 36.6 Å². The van der Waals surface area contributed by atoms with E-state index in [4.69, 9.17) is 9.47 Å². The van der Waals surface area contributed by atoms with Gasteiger partial charge in [-0.05, 0) is 41.3 Å². The summed E-state index contributed by atoms with van der Waals surface area (Å²) >= 11 is 0. The highest BCUT2D eigenvalue weighted by Crippen LogP contribution is 2.46. The molecule has 0 N–H and O–H groups in total. The van der Waals surface area contributed by atoms with Crippen molar-refractivity contribution in [2.75, 3.05) is 6.54 Å². The van der Waals surface area contributed by atoms with Crippen LogP contribution >= 0.6 is 0 Å². The number of hydrogen-bond donors (Lipinski definition) is 0. The van der Waals surface area contributed by atoms with Gasteiger partial charge in [-0.15, -0.1) is 0 Å². The summed E-state index contributed by atoms with van der Waals surface area (Å²) in [5.74, 6) is 1.69. The Morgan fingerprint density at radius 1 is 0.815 bits per heavy atom. The molecule has 1 unspecified atom stereocenters. The first kappa shape index (κ1) is 14.9. The number of benzene rings is 3. The Morgan fingerprint density at radius 3 is 2.48 bits per heavy atom. The van der Waals surface area contributed by atoms with Gasteiger partial charge in [0, 0.05) is 29.9 Å². The van der Waals surface area contributed by atoms with Crippen LogP contribution in [0.4, 0.5) is 0 Å². The summed E-state index contributed by atoms with van der Waals surface area (Å²) in [7, 11) is 0. The fraction of sp³-hybridized carbons (Fsp3) is 0.167. The van der Waals surface area contributed by atoms with Crippen molar-refractivity contribution < 1.29 is 9.47 Å². The highest BCUT2D eigenvalue weighted by Gasteiger charge is 2.31. The van der Waals surface area contributed by atoms with Crippen LogP contribution < -0.4 is 9.47 Å². The van der Waals surface area contributed by atoms with Crippen LogP contribution in [-0.2, 0) is 13.0 Å². The van der Waals surface area contributed by atoms with E-state index in [2.05, 4.69) is 47.4 Å². The molecule has 132 valence electrons. The lowest BCUT2D eigenvalue weighted by molar-refractivity contribution is 0.0487. The van der Waals surface area contributed by atoms with Crippen molar-refractivity contribution in [3.63, 3.8) is 0 Å². The minimum atomic E-state index is -0.359. The maximum atomic E-state index is 6.14. The van der Waals surface area contributed by atoms with Gasteiger partial charge in [0.15, 0.2) is 11.5 Å². The highest BCUT2D eigenvalue weighted by molar-refractivity contribution is 5.86. The Kier molecular flexibility index (Phi) is 3.12. The van der Waals surface area contributed by atoms with Crippen molar-refractivity contribution in [3.05, 3.63) is 94.5 Å². The Balaban J connectivity index is 1.41. The molecule has 3 aliphatic heterocycles. The number of rotatable bonds is 1. The van der Waals surface area contributed by atoms with E-state index in [0.29, 0.717) is 0 Å². The smallest absolute Gasteiger partial charge is 0.267 e. The van der Waals surface area contributed by atoms with E-state index < -0.39 is 0 Å². The van der Waals surface area contributed by atoms with E-state index in [1.54, 1.807) is 0 Å². The molecule has 6 rings (SSSR count). The molecule has 3 aromatic carbocycles. The maximum Gasteiger partial charge on any atom is 0.267 e. The molecular formula is C24H19NO2. The third-order valence-corrected chi connectivity index (χ3v) is 5.69. The van der Waals surface area contributed by atoms with E-state index in [-0.39, 0.29) is 6.29 Å². The molecular weight excluding hydrogens is 334 g/mol. The molecule has 3 heterocycles. The van der Waals surface area contributed by atoms with Crippen LogP contribution in [0.1, 0.15) is 34.1 Å². The Labute approximate surface area is 158 Å². The van der Waals surface area contributed by atoms with Crippen LogP contribution in [-0.4, -0.2) is 11.4 Å². The van der Waals surface area contributed by atoms with Crippen LogP contribution in [0, 0.1) is 0 Å². The lowest BCUT2D eigenvalue weighted by Crippen LogP contribution is -2.31. The van der Waals surface area contributed by atoms with Crippen LogP contribution in [0.3, 0.4) is 0 Å². The minimum absolute atomic E-state index is 0.359. The van der Waals surface area contributed by atoms with Gasteiger partial charge in [0.05, 0.1) is 0 Å². The molecule has 0 saturated carbocycles. The summed E-state index contributed by atoms with van der Waals surface area (Å²) in [6.45, 7) is 2.01. The number of ether oxygens (including phenoxy) is 2. The summed E-state index contributed by atoms with van der Waals surface area (Å²) in [6, 6.07) is 23.1. The Morgan fingerprint density at radius 2 is 1.59 bits per heavy atom. The number of hydrogen-bond acceptors (Lipinski definition) is 3. The third kappa shape index (κ3) is 2.35. The molecule has 1 atom stereocenters. The molecule has 0 fully saturated rings. The molecule has 3 nitrogen and oxygen atoms in total. The fourth-order valence-corrected chi connectivity index (χ4v) is 4.28. The lowest BCUT2D eigenvalue weighted by Gasteiger charge is -2.36. The van der Waals surface area contributed by atoms with Gasteiger partial charge in [-0.3, -0.25) is 0 Å². The van der Waals surface area contributed by atoms with Gasteiger partial charge in [0.25, 0.3) is 6.29 Å². The predicted octanol–water partition coefficient (Wildman–Crippen LogP) is 5.03. The summed E-state index contributed by atoms with van der Waals surface area (Å²) in [6.07, 6.45) is 2.98. The molecule has 0 aromatic heterocycles. The van der Waals surface area contributed by atoms with Gasteiger partial charge in [-0.2, -0.15) is 0 Å². The van der Waals surface area contributed by atoms with Crippen molar-refractivity contribution in [1.29, 1.82) is 0 Å². The lowest BCUT2D eigenvalue weighted by atomic mass is 9.90. The van der Waals surface area contributed by atoms with E-state index in [9.17, 15) is 0 Å². The van der Waals surface area contributed by atoms with Gasteiger partial charge in [0.1, 0.15) is 0 Å². The molecule has 3 aromatic rings. The predicted molar refractivity (Wildman–Crippen MR) is 105 cm³/mol. The Hall–Kier alpha value is -3.20. The maximum absolute atomic E-state index is 6.14. The van der Waals surface area contributed by atoms with E-state index in [1.165, 1.54) is 28.0 Å². The highest BCUT2D eigenvalue weighted by atomic mass is 16.7. The molecule has 0 spiro atoms. The molecule has 0 saturated heterocycles. The summed E-state index contributed by atoms with van der Waals surface area (Å²) in [4.78, 5) is 2.47. The molecule has 0 amide bonds. The van der Waals surface area contributed by atoms with Crippen molar-refractivity contribution in [1.82, 2.24) is 4.90 Å². The Bertz CT molecular complexity index is 1070. The first-order valence-corrected chi connectivity index (χ1v) is 9.45. The zero-order valence-electron chi connectivity index (χ0n) is 14.9. The van der Waals surface area contributed by atoms with Gasteiger partial charge in [-0.25, -0.2) is 0 Å². The van der Waals surface area contributed by atoms with Crippen molar-refractivity contribution in [2.24, 2.45) is 0 Å². The van der Waals surface area contributed by atoms with Crippen molar-refractivity contribution in [3.8, 4) is 11.5 Å². The normalized spacial score (nSPS) is 19.0. The van der Waals surface area contributed by atoms with Crippen LogP contribution in [0.2, 0.25) is 0 Å². The van der Waals surface area contributed by atoms with Crippen LogP contribution in [0.25, 0.3) is 11.8 Å². The quantitative estimate of drug-likeness (QED) is 0.613. The van der Waals surface area contributed by atoms with E-state index >= 15 is 0 Å². The topological polar surface area (TPSA) is 21.7 Å². The van der Waals surface area contributed by atoms with Crippen LogP contribution in [0.15, 0.2) is 66.7 Å². The first-order chi connectivity index (χ1) is 13.3. The van der Waals surface area contributed by atoms with Gasteiger partial charge in [0.2, 0.25) is 0 Å². The standard InChI is InChI=1S/C24H19NO2/c1-2-6-16(7-3-1)24-26-22-13-18-10-11-25-15-19-9-5-4-8-17(19)12-21(25)20(18)14-23(22)27-24/h1-9,12-14,24H,10-11,15H2. The molecule has 0 radical (unpaired) electrons. The number of fused-ring (bicyclic) bond motifs is 5. The molecule has 3 heteroatoms. The zero-order valence-corrected chi connectivity index (χ0v) is 14.9. The average molecular weight is 353 g/mol. The molecule has 0 aliphatic carbocycles. The molecule has 3 aliphatic rings. The zero-order chi connectivity index (χ0) is 17.8. The van der Waals surface area contributed by atoms with Gasteiger partial charge < -0.3 is 14.4 Å². The van der Waals surface area contributed by atoms with E-state index in [1.807, 2.05) is 30.3 Å². The molecule has 27 heavy (non-hydrogen) atoms. The second kappa shape index (κ2) is 5.65. The molecule has 0 bridgehead atoms. The average Bonchev–Trinajstić information content (AvgIpc) is 3.14. The SMILES string of the molecule is C1=C2c3cc4c(cc3CCN2Cc2ccccc21)OC(c1ccccc1)O4.